The Morgan fingerprint density at radius 2 is 1.81 bits per heavy atom. The first-order valence-corrected chi connectivity index (χ1v) is 11.2. The van der Waals surface area contributed by atoms with E-state index in [2.05, 4.69) is 10.6 Å². The SMILES string of the molecule is C[C@@H]1CCCN1C(=O)CNC(=O)NC1(CS(=O)C(C)(C)C)CCCCC1. The van der Waals surface area contributed by atoms with Crippen molar-refractivity contribution in [2.75, 3.05) is 18.8 Å². The predicted octanol–water partition coefficient (Wildman–Crippen LogP) is 2.55. The molecule has 150 valence electrons. The van der Waals surface area contributed by atoms with Gasteiger partial charge in [-0.1, -0.05) is 19.3 Å². The zero-order chi connectivity index (χ0) is 19.4. The molecule has 0 spiro atoms. The number of carbonyl (C=O) groups excluding carboxylic acids is 2. The fraction of sp³-hybridized carbons (Fsp3) is 0.895. The Labute approximate surface area is 160 Å². The molecule has 3 amide bonds. The van der Waals surface area contributed by atoms with Gasteiger partial charge in [0.2, 0.25) is 5.91 Å². The summed E-state index contributed by atoms with van der Waals surface area (Å²) in [5.41, 5.74) is -0.426. The van der Waals surface area contributed by atoms with Crippen LogP contribution in [0.5, 0.6) is 0 Å². The maximum Gasteiger partial charge on any atom is 0.315 e. The molecule has 0 aromatic carbocycles. The molecule has 1 aliphatic heterocycles. The molecule has 1 heterocycles. The van der Waals surface area contributed by atoms with Gasteiger partial charge in [0, 0.05) is 33.9 Å². The molecule has 2 fully saturated rings. The highest BCUT2D eigenvalue weighted by molar-refractivity contribution is 7.86. The lowest BCUT2D eigenvalue weighted by Crippen LogP contribution is -2.58. The molecular weight excluding hydrogens is 350 g/mol. The number of nitrogens with zero attached hydrogens (tertiary/aromatic N) is 1. The van der Waals surface area contributed by atoms with Crippen LogP contribution in [0.25, 0.3) is 0 Å². The second-order valence-corrected chi connectivity index (χ2v) is 11.0. The third-order valence-electron chi connectivity index (χ3n) is 5.55. The van der Waals surface area contributed by atoms with Gasteiger partial charge >= 0.3 is 6.03 Å². The van der Waals surface area contributed by atoms with Crippen molar-refractivity contribution in [2.24, 2.45) is 0 Å². The Bertz CT molecular complexity index is 539. The van der Waals surface area contributed by atoms with Crippen LogP contribution in [-0.2, 0) is 15.6 Å². The van der Waals surface area contributed by atoms with Gasteiger partial charge in [0.1, 0.15) is 0 Å². The second-order valence-electron chi connectivity index (χ2n) is 8.83. The maximum absolute atomic E-state index is 12.7. The average molecular weight is 386 g/mol. The van der Waals surface area contributed by atoms with E-state index in [0.29, 0.717) is 5.75 Å². The highest BCUT2D eigenvalue weighted by Gasteiger charge is 2.38. The molecule has 1 unspecified atom stereocenters. The van der Waals surface area contributed by atoms with Gasteiger partial charge in [0.15, 0.2) is 0 Å². The van der Waals surface area contributed by atoms with Crippen LogP contribution in [0.1, 0.15) is 72.6 Å². The monoisotopic (exact) mass is 385 g/mol. The number of hydrogen-bond donors (Lipinski definition) is 2. The molecule has 2 aliphatic rings. The molecular formula is C19H35N3O3S. The molecule has 1 aliphatic carbocycles. The van der Waals surface area contributed by atoms with Crippen molar-refractivity contribution in [3.05, 3.63) is 0 Å². The fourth-order valence-corrected chi connectivity index (χ4v) is 5.14. The zero-order valence-corrected chi connectivity index (χ0v) is 17.5. The number of carbonyl (C=O) groups is 2. The summed E-state index contributed by atoms with van der Waals surface area (Å²) in [7, 11) is -1.03. The minimum Gasteiger partial charge on any atom is -0.338 e. The summed E-state index contributed by atoms with van der Waals surface area (Å²) >= 11 is 0. The first-order valence-electron chi connectivity index (χ1n) is 9.87. The Kier molecular flexibility index (Phi) is 7.11. The van der Waals surface area contributed by atoms with Gasteiger partial charge in [0.25, 0.3) is 0 Å². The minimum atomic E-state index is -1.03. The van der Waals surface area contributed by atoms with E-state index >= 15 is 0 Å². The van der Waals surface area contributed by atoms with Crippen LogP contribution in [-0.4, -0.2) is 56.2 Å². The quantitative estimate of drug-likeness (QED) is 0.763. The zero-order valence-electron chi connectivity index (χ0n) is 16.7. The number of amides is 3. The highest BCUT2D eigenvalue weighted by Crippen LogP contribution is 2.31. The van der Waals surface area contributed by atoms with Crippen molar-refractivity contribution in [3.63, 3.8) is 0 Å². The van der Waals surface area contributed by atoms with E-state index in [-0.39, 0.29) is 29.3 Å². The summed E-state index contributed by atoms with van der Waals surface area (Å²) < 4.78 is 12.4. The first kappa shape index (κ1) is 21.2. The number of likely N-dealkylation sites (tertiary alicyclic amines) is 1. The normalized spacial score (nSPS) is 24.2. The summed E-state index contributed by atoms with van der Waals surface area (Å²) in [6.45, 7) is 8.75. The summed E-state index contributed by atoms with van der Waals surface area (Å²) in [5, 5.41) is 5.80. The molecule has 6 nitrogen and oxygen atoms in total. The molecule has 2 atom stereocenters. The summed E-state index contributed by atoms with van der Waals surface area (Å²) in [5.74, 6) is 0.446. The third-order valence-corrected chi connectivity index (χ3v) is 7.73. The highest BCUT2D eigenvalue weighted by atomic mass is 32.2. The van der Waals surface area contributed by atoms with Crippen molar-refractivity contribution in [1.82, 2.24) is 15.5 Å². The van der Waals surface area contributed by atoms with Crippen LogP contribution >= 0.6 is 0 Å². The Balaban J connectivity index is 1.91. The molecule has 1 saturated heterocycles. The van der Waals surface area contributed by atoms with Gasteiger partial charge < -0.3 is 15.5 Å². The van der Waals surface area contributed by atoms with Gasteiger partial charge in [-0.2, -0.15) is 0 Å². The standard InChI is InChI=1S/C19H35N3O3S/c1-15-9-8-12-22(15)16(23)13-20-17(24)21-19(10-6-5-7-11-19)14-26(25)18(2,3)4/h15H,5-14H2,1-4H3,(H2,20,21,24)/t15-,26?/m1/s1. The van der Waals surface area contributed by atoms with Gasteiger partial charge in [-0.05, 0) is 53.4 Å². The molecule has 0 radical (unpaired) electrons. The van der Waals surface area contributed by atoms with E-state index in [1.165, 1.54) is 0 Å². The van der Waals surface area contributed by atoms with Crippen molar-refractivity contribution in [3.8, 4) is 0 Å². The molecule has 2 rings (SSSR count). The Hall–Kier alpha value is -1.11. The maximum atomic E-state index is 12.7. The van der Waals surface area contributed by atoms with Crippen LogP contribution in [0.2, 0.25) is 0 Å². The smallest absolute Gasteiger partial charge is 0.315 e. The molecule has 1 saturated carbocycles. The predicted molar refractivity (Wildman–Crippen MR) is 106 cm³/mol. The van der Waals surface area contributed by atoms with Gasteiger partial charge in [-0.25, -0.2) is 4.79 Å². The lowest BCUT2D eigenvalue weighted by Gasteiger charge is -2.39. The van der Waals surface area contributed by atoms with Crippen LogP contribution < -0.4 is 10.6 Å². The van der Waals surface area contributed by atoms with E-state index < -0.39 is 16.3 Å². The minimum absolute atomic E-state index is 0.0224. The number of rotatable bonds is 5. The largest absolute Gasteiger partial charge is 0.338 e. The van der Waals surface area contributed by atoms with Crippen LogP contribution in [0.15, 0.2) is 0 Å². The van der Waals surface area contributed by atoms with Crippen LogP contribution in [0, 0.1) is 0 Å². The molecule has 26 heavy (non-hydrogen) atoms. The van der Waals surface area contributed by atoms with E-state index in [0.717, 1.165) is 51.5 Å². The average Bonchev–Trinajstić information content (AvgIpc) is 2.98. The number of hydrogen-bond acceptors (Lipinski definition) is 3. The summed E-state index contributed by atoms with van der Waals surface area (Å²) in [4.78, 5) is 26.6. The molecule has 2 N–H and O–H groups in total. The topological polar surface area (TPSA) is 78.5 Å². The molecule has 0 bridgehead atoms. The van der Waals surface area contributed by atoms with E-state index in [1.807, 2.05) is 32.6 Å². The van der Waals surface area contributed by atoms with Gasteiger partial charge in [-0.3, -0.25) is 9.00 Å². The van der Waals surface area contributed by atoms with Crippen molar-refractivity contribution in [2.45, 2.75) is 89.0 Å². The van der Waals surface area contributed by atoms with Crippen LogP contribution in [0.4, 0.5) is 4.79 Å². The van der Waals surface area contributed by atoms with Crippen LogP contribution in [0.3, 0.4) is 0 Å². The fourth-order valence-electron chi connectivity index (χ4n) is 3.85. The van der Waals surface area contributed by atoms with E-state index in [4.69, 9.17) is 0 Å². The Morgan fingerprint density at radius 1 is 1.15 bits per heavy atom. The first-order chi connectivity index (χ1) is 12.1. The summed E-state index contributed by atoms with van der Waals surface area (Å²) in [6.07, 6.45) is 6.97. The van der Waals surface area contributed by atoms with E-state index in [1.54, 1.807) is 0 Å². The van der Waals surface area contributed by atoms with E-state index in [9.17, 15) is 13.8 Å². The Morgan fingerprint density at radius 3 is 2.35 bits per heavy atom. The van der Waals surface area contributed by atoms with Crippen molar-refractivity contribution >= 4 is 22.7 Å². The summed E-state index contributed by atoms with van der Waals surface area (Å²) in [6, 6.07) is -0.0655. The van der Waals surface area contributed by atoms with Crippen molar-refractivity contribution in [1.29, 1.82) is 0 Å². The second kappa shape index (κ2) is 8.72. The van der Waals surface area contributed by atoms with Gasteiger partial charge in [0.05, 0.1) is 12.1 Å². The molecule has 7 heteroatoms. The molecule has 0 aromatic rings. The number of urea groups is 1. The molecule has 0 aromatic heterocycles. The lowest BCUT2D eigenvalue weighted by molar-refractivity contribution is -0.130. The van der Waals surface area contributed by atoms with Gasteiger partial charge in [-0.15, -0.1) is 0 Å². The van der Waals surface area contributed by atoms with Crippen molar-refractivity contribution < 1.29 is 13.8 Å². The lowest BCUT2D eigenvalue weighted by atomic mass is 9.83. The third kappa shape index (κ3) is 5.69. The number of nitrogens with one attached hydrogen (secondary N) is 2.